The van der Waals surface area contributed by atoms with Gasteiger partial charge in [-0.25, -0.2) is 9.97 Å². The second kappa shape index (κ2) is 4.69. The molecule has 3 aromatic rings. The fraction of sp³-hybridized carbons (Fsp3) is 0.125. The molecule has 0 aliphatic heterocycles. The molecule has 2 aromatic carbocycles. The summed E-state index contributed by atoms with van der Waals surface area (Å²) in [6, 6.07) is 14.3. The predicted octanol–water partition coefficient (Wildman–Crippen LogP) is 3.61. The average molecular weight is 250 g/mol. The lowest BCUT2D eigenvalue weighted by Gasteiger charge is -2.11. The number of aromatic nitrogens is 2. The van der Waals surface area contributed by atoms with Crippen LogP contribution >= 0.6 is 0 Å². The summed E-state index contributed by atoms with van der Waals surface area (Å²) >= 11 is 0. The van der Waals surface area contributed by atoms with Crippen LogP contribution in [0.4, 0.5) is 0 Å². The highest BCUT2D eigenvalue weighted by Crippen LogP contribution is 2.33. The van der Waals surface area contributed by atoms with Crippen LogP contribution in [0.2, 0.25) is 0 Å². The first-order valence-electron chi connectivity index (χ1n) is 6.14. The lowest BCUT2D eigenvalue weighted by Crippen LogP contribution is -1.92. The van der Waals surface area contributed by atoms with Crippen molar-refractivity contribution < 1.29 is 4.74 Å². The minimum atomic E-state index is 0.830. The van der Waals surface area contributed by atoms with Crippen LogP contribution < -0.4 is 4.74 Å². The number of rotatable bonds is 2. The van der Waals surface area contributed by atoms with Crippen LogP contribution in [-0.4, -0.2) is 17.1 Å². The van der Waals surface area contributed by atoms with Gasteiger partial charge in [-0.1, -0.05) is 30.3 Å². The van der Waals surface area contributed by atoms with Crippen LogP contribution in [0.1, 0.15) is 5.69 Å². The number of nitrogens with zero attached hydrogens (tertiary/aromatic N) is 2. The molecule has 0 saturated carbocycles. The van der Waals surface area contributed by atoms with Crippen molar-refractivity contribution in [1.82, 2.24) is 9.97 Å². The number of fused-ring (bicyclic) bond motifs is 1. The molecule has 0 amide bonds. The van der Waals surface area contributed by atoms with E-state index in [9.17, 15) is 0 Å². The molecule has 0 aliphatic carbocycles. The maximum atomic E-state index is 5.49. The Labute approximate surface area is 111 Å². The standard InChI is InChI=1S/C16H14N2O/c1-11-13-8-14(12-6-4-3-5-7-12)16(19-2)9-15(13)18-10-17-11/h3-10H,1-2H3. The number of benzene rings is 2. The molecule has 3 heteroatoms. The third-order valence-electron chi connectivity index (χ3n) is 3.24. The van der Waals surface area contributed by atoms with Crippen molar-refractivity contribution in [3.63, 3.8) is 0 Å². The van der Waals surface area contributed by atoms with Crippen molar-refractivity contribution in [2.24, 2.45) is 0 Å². The molecule has 94 valence electrons. The summed E-state index contributed by atoms with van der Waals surface area (Å²) in [6.07, 6.45) is 1.58. The highest BCUT2D eigenvalue weighted by atomic mass is 16.5. The average Bonchev–Trinajstić information content (AvgIpc) is 2.47. The molecule has 3 rings (SSSR count). The van der Waals surface area contributed by atoms with Crippen molar-refractivity contribution in [3.8, 4) is 16.9 Å². The fourth-order valence-corrected chi connectivity index (χ4v) is 2.23. The highest BCUT2D eigenvalue weighted by Gasteiger charge is 2.09. The molecule has 3 nitrogen and oxygen atoms in total. The van der Waals surface area contributed by atoms with E-state index in [4.69, 9.17) is 4.74 Å². The monoisotopic (exact) mass is 250 g/mol. The molecule has 0 N–H and O–H groups in total. The maximum Gasteiger partial charge on any atom is 0.128 e. The normalized spacial score (nSPS) is 10.6. The van der Waals surface area contributed by atoms with Gasteiger partial charge in [0.15, 0.2) is 0 Å². The molecule has 0 saturated heterocycles. The quantitative estimate of drug-likeness (QED) is 0.696. The third kappa shape index (κ3) is 2.03. The van der Waals surface area contributed by atoms with Gasteiger partial charge < -0.3 is 4.74 Å². The van der Waals surface area contributed by atoms with Gasteiger partial charge in [-0.3, -0.25) is 0 Å². The smallest absolute Gasteiger partial charge is 0.128 e. The molecular weight excluding hydrogens is 236 g/mol. The molecule has 1 aromatic heterocycles. The zero-order chi connectivity index (χ0) is 13.2. The second-order valence-corrected chi connectivity index (χ2v) is 4.39. The van der Waals surface area contributed by atoms with Crippen LogP contribution in [0, 0.1) is 6.92 Å². The van der Waals surface area contributed by atoms with Gasteiger partial charge in [0.05, 0.1) is 12.6 Å². The van der Waals surface area contributed by atoms with E-state index in [-0.39, 0.29) is 0 Å². The number of hydrogen-bond donors (Lipinski definition) is 0. The number of ether oxygens (including phenoxy) is 1. The van der Waals surface area contributed by atoms with E-state index in [0.29, 0.717) is 0 Å². The van der Waals surface area contributed by atoms with Crippen LogP contribution in [-0.2, 0) is 0 Å². The summed E-state index contributed by atoms with van der Waals surface area (Å²) in [5.41, 5.74) is 4.08. The molecule has 0 fully saturated rings. The largest absolute Gasteiger partial charge is 0.496 e. The van der Waals surface area contributed by atoms with Gasteiger partial charge in [-0.2, -0.15) is 0 Å². The Balaban J connectivity index is 2.32. The maximum absolute atomic E-state index is 5.49. The van der Waals surface area contributed by atoms with Gasteiger partial charge in [-0.05, 0) is 18.6 Å². The predicted molar refractivity (Wildman–Crippen MR) is 76.3 cm³/mol. The Kier molecular flexibility index (Phi) is 2.88. The summed E-state index contributed by atoms with van der Waals surface area (Å²) in [6.45, 7) is 1.99. The van der Waals surface area contributed by atoms with Crippen molar-refractivity contribution in [3.05, 3.63) is 54.5 Å². The van der Waals surface area contributed by atoms with Gasteiger partial charge in [0.1, 0.15) is 12.1 Å². The minimum Gasteiger partial charge on any atom is -0.496 e. The van der Waals surface area contributed by atoms with Gasteiger partial charge in [0.2, 0.25) is 0 Å². The Bertz CT molecular complexity index is 723. The summed E-state index contributed by atoms with van der Waals surface area (Å²) in [4.78, 5) is 8.54. The summed E-state index contributed by atoms with van der Waals surface area (Å²) in [7, 11) is 1.68. The molecule has 0 atom stereocenters. The number of aryl methyl sites for hydroxylation is 1. The zero-order valence-electron chi connectivity index (χ0n) is 10.9. The van der Waals surface area contributed by atoms with Gasteiger partial charge >= 0.3 is 0 Å². The first-order chi connectivity index (χ1) is 9.29. The van der Waals surface area contributed by atoms with E-state index >= 15 is 0 Å². The topological polar surface area (TPSA) is 35.0 Å². The first kappa shape index (κ1) is 11.7. The zero-order valence-corrected chi connectivity index (χ0v) is 10.9. The summed E-state index contributed by atoms with van der Waals surface area (Å²) in [5, 5.41) is 1.06. The van der Waals surface area contributed by atoms with Crippen LogP contribution in [0.15, 0.2) is 48.8 Å². The van der Waals surface area contributed by atoms with E-state index in [1.807, 2.05) is 31.2 Å². The molecule has 0 aliphatic rings. The fourth-order valence-electron chi connectivity index (χ4n) is 2.23. The minimum absolute atomic E-state index is 0.830. The van der Waals surface area contributed by atoms with Crippen LogP contribution in [0.25, 0.3) is 22.0 Å². The van der Waals surface area contributed by atoms with E-state index in [1.165, 1.54) is 0 Å². The lowest BCUT2D eigenvalue weighted by atomic mass is 10.0. The summed E-state index contributed by atoms with van der Waals surface area (Å²) in [5.74, 6) is 0.830. The van der Waals surface area contributed by atoms with Crippen LogP contribution in [0.3, 0.4) is 0 Å². The molecule has 1 heterocycles. The Morgan fingerprint density at radius 1 is 1.00 bits per heavy atom. The summed E-state index contributed by atoms with van der Waals surface area (Å²) < 4.78 is 5.49. The highest BCUT2D eigenvalue weighted by molar-refractivity contribution is 5.89. The Morgan fingerprint density at radius 3 is 2.53 bits per heavy atom. The molecule has 0 unspecified atom stereocenters. The van der Waals surface area contributed by atoms with Gasteiger partial charge in [0.25, 0.3) is 0 Å². The molecule has 0 spiro atoms. The van der Waals surface area contributed by atoms with Crippen molar-refractivity contribution in [2.45, 2.75) is 6.92 Å². The third-order valence-corrected chi connectivity index (χ3v) is 3.24. The van der Waals surface area contributed by atoms with E-state index in [1.54, 1.807) is 13.4 Å². The Hall–Kier alpha value is -2.42. The molecule has 0 radical (unpaired) electrons. The number of hydrogen-bond acceptors (Lipinski definition) is 3. The molecule has 19 heavy (non-hydrogen) atoms. The van der Waals surface area contributed by atoms with E-state index in [2.05, 4.69) is 28.2 Å². The molecule has 0 bridgehead atoms. The van der Waals surface area contributed by atoms with E-state index in [0.717, 1.165) is 33.5 Å². The van der Waals surface area contributed by atoms with Crippen molar-refractivity contribution in [1.29, 1.82) is 0 Å². The van der Waals surface area contributed by atoms with Gasteiger partial charge in [0, 0.05) is 22.7 Å². The molecular formula is C16H14N2O. The van der Waals surface area contributed by atoms with Gasteiger partial charge in [-0.15, -0.1) is 0 Å². The van der Waals surface area contributed by atoms with E-state index < -0.39 is 0 Å². The number of methoxy groups -OCH3 is 1. The second-order valence-electron chi connectivity index (χ2n) is 4.39. The Morgan fingerprint density at radius 2 is 1.79 bits per heavy atom. The van der Waals surface area contributed by atoms with Crippen molar-refractivity contribution >= 4 is 10.9 Å². The SMILES string of the molecule is COc1cc2ncnc(C)c2cc1-c1ccccc1. The first-order valence-corrected chi connectivity index (χ1v) is 6.14. The van der Waals surface area contributed by atoms with Crippen LogP contribution in [0.5, 0.6) is 5.75 Å². The lowest BCUT2D eigenvalue weighted by molar-refractivity contribution is 0.417. The van der Waals surface area contributed by atoms with Crippen molar-refractivity contribution in [2.75, 3.05) is 7.11 Å².